The smallest absolute Gasteiger partial charge is 0.232 e. The fourth-order valence-corrected chi connectivity index (χ4v) is 1.65. The van der Waals surface area contributed by atoms with E-state index in [0.717, 1.165) is 6.07 Å². The third-order valence-corrected chi connectivity index (χ3v) is 3.22. The maximum Gasteiger partial charge on any atom is 0.232 e. The van der Waals surface area contributed by atoms with Crippen LogP contribution in [0, 0.1) is 11.2 Å². The zero-order valence-electron chi connectivity index (χ0n) is 8.62. The van der Waals surface area contributed by atoms with Gasteiger partial charge in [-0.15, -0.1) is 0 Å². The Bertz CT molecular complexity index is 513. The first-order valence-electron chi connectivity index (χ1n) is 4.50. The molecule has 0 unspecified atom stereocenters. The Morgan fingerprint density at radius 1 is 1.56 bits per heavy atom. The molecule has 0 spiro atoms. The molecular weight excluding hydrogens is 233 g/mol. The summed E-state index contributed by atoms with van der Waals surface area (Å²) in [6.07, 6.45) is 0. The minimum atomic E-state index is -3.50. The highest BCUT2D eigenvalue weighted by atomic mass is 32.2. The van der Waals surface area contributed by atoms with Crippen molar-refractivity contribution in [3.05, 3.63) is 29.6 Å². The van der Waals surface area contributed by atoms with E-state index >= 15 is 0 Å². The summed E-state index contributed by atoms with van der Waals surface area (Å²) in [4.78, 5) is 0. The Morgan fingerprint density at radius 3 is 2.62 bits per heavy atom. The van der Waals surface area contributed by atoms with Crippen molar-refractivity contribution in [1.29, 1.82) is 5.41 Å². The average Bonchev–Trinajstić information content (AvgIpc) is 2.20. The second-order valence-corrected chi connectivity index (χ2v) is 5.12. The van der Waals surface area contributed by atoms with Crippen LogP contribution in [0.25, 0.3) is 0 Å². The Kier molecular flexibility index (Phi) is 3.48. The van der Waals surface area contributed by atoms with Gasteiger partial charge in [0.1, 0.15) is 11.7 Å². The normalized spacial score (nSPS) is 11.1. The highest BCUT2D eigenvalue weighted by Crippen LogP contribution is 2.16. The van der Waals surface area contributed by atoms with Gasteiger partial charge in [0.15, 0.2) is 0 Å². The van der Waals surface area contributed by atoms with E-state index in [0.29, 0.717) is 0 Å². The molecule has 0 heterocycles. The van der Waals surface area contributed by atoms with Crippen molar-refractivity contribution in [3.8, 4) is 0 Å². The van der Waals surface area contributed by atoms with Crippen LogP contribution in [0.5, 0.6) is 0 Å². The third kappa shape index (κ3) is 2.93. The summed E-state index contributed by atoms with van der Waals surface area (Å²) < 4.78 is 37.9. The molecule has 0 amide bonds. The Labute approximate surface area is 93.0 Å². The molecular formula is C9H12FN3O2S. The maximum absolute atomic E-state index is 13.4. The van der Waals surface area contributed by atoms with Gasteiger partial charge in [-0.05, 0) is 25.1 Å². The van der Waals surface area contributed by atoms with Gasteiger partial charge in [-0.2, -0.15) is 0 Å². The van der Waals surface area contributed by atoms with Crippen molar-refractivity contribution < 1.29 is 12.8 Å². The van der Waals surface area contributed by atoms with E-state index in [1.54, 1.807) is 0 Å². The predicted octanol–water partition coefficient (Wildman–Crippen LogP) is 0.871. The summed E-state index contributed by atoms with van der Waals surface area (Å²) in [6, 6.07) is 3.62. The second kappa shape index (κ2) is 4.48. The maximum atomic E-state index is 13.4. The SMILES string of the molecule is CCS(=O)(=O)Nc1ccc(C(=N)N)cc1F. The van der Waals surface area contributed by atoms with Crippen LogP contribution in [0.4, 0.5) is 10.1 Å². The van der Waals surface area contributed by atoms with Gasteiger partial charge in [-0.3, -0.25) is 10.1 Å². The molecule has 4 N–H and O–H groups in total. The van der Waals surface area contributed by atoms with Crippen LogP contribution in [0.2, 0.25) is 0 Å². The van der Waals surface area contributed by atoms with Crippen LogP contribution in [-0.2, 0) is 10.0 Å². The van der Waals surface area contributed by atoms with Crippen molar-refractivity contribution in [2.75, 3.05) is 10.5 Å². The Morgan fingerprint density at radius 2 is 2.19 bits per heavy atom. The van der Waals surface area contributed by atoms with E-state index in [4.69, 9.17) is 11.1 Å². The van der Waals surface area contributed by atoms with Crippen molar-refractivity contribution in [2.45, 2.75) is 6.92 Å². The first kappa shape index (κ1) is 12.4. The fourth-order valence-electron chi connectivity index (χ4n) is 1.01. The number of nitrogen functional groups attached to an aromatic ring is 1. The quantitative estimate of drug-likeness (QED) is 0.542. The summed E-state index contributed by atoms with van der Waals surface area (Å²) in [5, 5.41) is 7.09. The summed E-state index contributed by atoms with van der Waals surface area (Å²) in [6.45, 7) is 1.45. The number of hydrogen-bond donors (Lipinski definition) is 3. The van der Waals surface area contributed by atoms with Crippen LogP contribution in [-0.4, -0.2) is 20.0 Å². The minimum absolute atomic E-state index is 0.138. The van der Waals surface area contributed by atoms with Crippen molar-refractivity contribution in [3.63, 3.8) is 0 Å². The molecule has 1 aromatic carbocycles. The number of anilines is 1. The molecule has 0 bridgehead atoms. The lowest BCUT2D eigenvalue weighted by Gasteiger charge is -2.08. The lowest BCUT2D eigenvalue weighted by molar-refractivity contribution is 0.599. The van der Waals surface area contributed by atoms with E-state index in [-0.39, 0.29) is 22.8 Å². The van der Waals surface area contributed by atoms with Crippen molar-refractivity contribution >= 4 is 21.5 Å². The topological polar surface area (TPSA) is 96.0 Å². The van der Waals surface area contributed by atoms with E-state index < -0.39 is 15.8 Å². The molecule has 16 heavy (non-hydrogen) atoms. The molecule has 0 aliphatic rings. The monoisotopic (exact) mass is 245 g/mol. The van der Waals surface area contributed by atoms with Gasteiger partial charge in [0.05, 0.1) is 11.4 Å². The van der Waals surface area contributed by atoms with Crippen molar-refractivity contribution in [2.24, 2.45) is 5.73 Å². The standard InChI is InChI=1S/C9H12FN3O2S/c1-2-16(14,15)13-8-4-3-6(9(11)12)5-7(8)10/h3-5,13H,2H2,1H3,(H3,11,12). The number of nitrogens with one attached hydrogen (secondary N) is 2. The van der Waals surface area contributed by atoms with Gasteiger partial charge in [0.2, 0.25) is 10.0 Å². The van der Waals surface area contributed by atoms with Gasteiger partial charge in [-0.25, -0.2) is 12.8 Å². The minimum Gasteiger partial charge on any atom is -0.384 e. The van der Waals surface area contributed by atoms with Crippen LogP contribution in [0.15, 0.2) is 18.2 Å². The largest absolute Gasteiger partial charge is 0.384 e. The Hall–Kier alpha value is -1.63. The number of hydrogen-bond acceptors (Lipinski definition) is 3. The number of rotatable bonds is 4. The molecule has 0 saturated heterocycles. The summed E-state index contributed by atoms with van der Waals surface area (Å²) in [5.74, 6) is -1.17. The molecule has 0 radical (unpaired) electrons. The highest BCUT2D eigenvalue weighted by Gasteiger charge is 2.11. The number of benzene rings is 1. The van der Waals surface area contributed by atoms with E-state index in [1.165, 1.54) is 19.1 Å². The molecule has 0 aliphatic carbocycles. The second-order valence-electron chi connectivity index (χ2n) is 3.11. The van der Waals surface area contributed by atoms with Gasteiger partial charge in [-0.1, -0.05) is 0 Å². The molecule has 88 valence electrons. The van der Waals surface area contributed by atoms with Crippen LogP contribution in [0.1, 0.15) is 12.5 Å². The van der Waals surface area contributed by atoms with Gasteiger partial charge < -0.3 is 5.73 Å². The molecule has 0 saturated carbocycles. The number of halogens is 1. The summed E-state index contributed by atoms with van der Waals surface area (Å²) in [7, 11) is -3.50. The summed E-state index contributed by atoms with van der Waals surface area (Å²) in [5.41, 5.74) is 5.22. The van der Waals surface area contributed by atoms with Gasteiger partial charge >= 0.3 is 0 Å². The van der Waals surface area contributed by atoms with Gasteiger partial charge in [0.25, 0.3) is 0 Å². The summed E-state index contributed by atoms with van der Waals surface area (Å²) >= 11 is 0. The molecule has 1 rings (SSSR count). The molecule has 1 aromatic rings. The lowest BCUT2D eigenvalue weighted by atomic mass is 10.2. The van der Waals surface area contributed by atoms with Crippen LogP contribution in [0.3, 0.4) is 0 Å². The molecule has 0 aliphatic heterocycles. The lowest BCUT2D eigenvalue weighted by Crippen LogP contribution is -2.16. The van der Waals surface area contributed by atoms with E-state index in [2.05, 4.69) is 4.72 Å². The molecule has 5 nitrogen and oxygen atoms in total. The highest BCUT2D eigenvalue weighted by molar-refractivity contribution is 7.92. The molecule has 0 aromatic heterocycles. The number of amidine groups is 1. The van der Waals surface area contributed by atoms with Gasteiger partial charge in [0, 0.05) is 5.56 Å². The fraction of sp³-hybridized carbons (Fsp3) is 0.222. The first-order valence-corrected chi connectivity index (χ1v) is 6.15. The first-order chi connectivity index (χ1) is 7.35. The number of sulfonamides is 1. The molecule has 7 heteroatoms. The van der Waals surface area contributed by atoms with E-state index in [9.17, 15) is 12.8 Å². The third-order valence-electron chi connectivity index (χ3n) is 1.93. The van der Waals surface area contributed by atoms with Crippen molar-refractivity contribution in [1.82, 2.24) is 0 Å². The van der Waals surface area contributed by atoms with Crippen LogP contribution >= 0.6 is 0 Å². The predicted molar refractivity (Wildman–Crippen MR) is 60.5 cm³/mol. The zero-order valence-corrected chi connectivity index (χ0v) is 9.44. The Balaban J connectivity index is 3.05. The van der Waals surface area contributed by atoms with Crippen LogP contribution < -0.4 is 10.5 Å². The van der Waals surface area contributed by atoms with E-state index in [1.807, 2.05) is 0 Å². The number of nitrogens with two attached hydrogens (primary N) is 1. The zero-order chi connectivity index (χ0) is 12.3. The average molecular weight is 245 g/mol. The molecule has 0 atom stereocenters. The molecule has 0 fully saturated rings.